The van der Waals surface area contributed by atoms with E-state index in [1.54, 1.807) is 12.3 Å². The van der Waals surface area contributed by atoms with Crippen molar-refractivity contribution in [1.29, 1.82) is 5.26 Å². The Morgan fingerprint density at radius 2 is 2.00 bits per heavy atom. The van der Waals surface area contributed by atoms with Crippen molar-refractivity contribution in [3.8, 4) is 6.07 Å². The maximum absolute atomic E-state index is 9.27. The largest absolute Gasteiger partial charge is 0.336 e. The van der Waals surface area contributed by atoms with E-state index in [-0.39, 0.29) is 0 Å². The molecule has 1 N–H and O–H groups in total. The zero-order valence-corrected chi connectivity index (χ0v) is 10.0. The first-order valence-corrected chi connectivity index (χ1v) is 5.85. The minimum absolute atomic E-state index is 0.490. The molecular weight excluding hydrogens is 236 g/mol. The third-order valence-corrected chi connectivity index (χ3v) is 2.74. The van der Waals surface area contributed by atoms with E-state index in [0.717, 1.165) is 11.1 Å². The van der Waals surface area contributed by atoms with E-state index in [1.165, 1.54) is 0 Å². The van der Waals surface area contributed by atoms with Crippen LogP contribution in [-0.2, 0) is 0 Å². The first-order chi connectivity index (χ1) is 9.36. The van der Waals surface area contributed by atoms with Crippen molar-refractivity contribution in [2.24, 2.45) is 0 Å². The first kappa shape index (κ1) is 11.2. The lowest BCUT2D eigenvalue weighted by Gasteiger charge is -1.94. The molecule has 0 atom stereocenters. The number of nitrogens with zero attached hydrogens (tertiary/aromatic N) is 3. The SMILES string of the molecule is N#C/C(=C\c1ccccc1)c1nc2ncccc2[nH]1. The van der Waals surface area contributed by atoms with Crippen LogP contribution in [0.3, 0.4) is 0 Å². The Morgan fingerprint density at radius 3 is 2.74 bits per heavy atom. The van der Waals surface area contributed by atoms with Gasteiger partial charge >= 0.3 is 0 Å². The van der Waals surface area contributed by atoms with Crippen molar-refractivity contribution in [1.82, 2.24) is 15.0 Å². The summed E-state index contributed by atoms with van der Waals surface area (Å²) in [6.45, 7) is 0. The van der Waals surface area contributed by atoms with Crippen LogP contribution in [0.15, 0.2) is 48.7 Å². The standard InChI is InChI=1S/C15H10N4/c16-10-12(9-11-5-2-1-3-6-11)14-18-13-7-4-8-17-15(13)19-14/h1-9H,(H,17,18,19)/b12-9+. The van der Waals surface area contributed by atoms with Gasteiger partial charge in [-0.25, -0.2) is 9.97 Å². The van der Waals surface area contributed by atoms with Gasteiger partial charge in [0.1, 0.15) is 6.07 Å². The van der Waals surface area contributed by atoms with E-state index in [2.05, 4.69) is 21.0 Å². The van der Waals surface area contributed by atoms with Gasteiger partial charge in [-0.3, -0.25) is 0 Å². The fraction of sp³-hybridized carbons (Fsp3) is 0. The third-order valence-electron chi connectivity index (χ3n) is 2.74. The van der Waals surface area contributed by atoms with Crippen molar-refractivity contribution in [3.05, 3.63) is 60.0 Å². The maximum atomic E-state index is 9.27. The number of hydrogen-bond acceptors (Lipinski definition) is 3. The third kappa shape index (κ3) is 2.22. The Morgan fingerprint density at radius 1 is 1.16 bits per heavy atom. The lowest BCUT2D eigenvalue weighted by molar-refractivity contribution is 1.25. The molecule has 0 spiro atoms. The number of allylic oxidation sites excluding steroid dienone is 1. The van der Waals surface area contributed by atoms with Crippen LogP contribution in [0.25, 0.3) is 22.8 Å². The molecule has 0 saturated carbocycles. The summed E-state index contributed by atoms with van der Waals surface area (Å²) in [5, 5.41) is 9.27. The fourth-order valence-electron chi connectivity index (χ4n) is 1.84. The Labute approximate surface area is 110 Å². The topological polar surface area (TPSA) is 65.4 Å². The first-order valence-electron chi connectivity index (χ1n) is 5.85. The van der Waals surface area contributed by atoms with E-state index in [0.29, 0.717) is 17.0 Å². The normalized spacial score (nSPS) is 11.4. The molecule has 0 bridgehead atoms. The highest BCUT2D eigenvalue weighted by Gasteiger charge is 2.07. The summed E-state index contributed by atoms with van der Waals surface area (Å²) >= 11 is 0. The van der Waals surface area contributed by atoms with Crippen molar-refractivity contribution in [2.75, 3.05) is 0 Å². The van der Waals surface area contributed by atoms with Crippen LogP contribution in [0.5, 0.6) is 0 Å². The van der Waals surface area contributed by atoms with Gasteiger partial charge in [0.15, 0.2) is 11.5 Å². The van der Waals surface area contributed by atoms with Gasteiger partial charge < -0.3 is 4.98 Å². The lowest BCUT2D eigenvalue weighted by atomic mass is 10.1. The fourth-order valence-corrected chi connectivity index (χ4v) is 1.84. The van der Waals surface area contributed by atoms with Crippen molar-refractivity contribution >= 4 is 22.8 Å². The molecule has 4 heteroatoms. The van der Waals surface area contributed by atoms with E-state index in [4.69, 9.17) is 0 Å². The van der Waals surface area contributed by atoms with Gasteiger partial charge in [-0.2, -0.15) is 5.26 Å². The minimum atomic E-state index is 0.490. The van der Waals surface area contributed by atoms with Gasteiger partial charge in [-0.05, 0) is 23.8 Å². The zero-order chi connectivity index (χ0) is 13.1. The Balaban J connectivity index is 2.08. The molecule has 0 radical (unpaired) electrons. The van der Waals surface area contributed by atoms with Crippen LogP contribution >= 0.6 is 0 Å². The molecule has 0 saturated heterocycles. The predicted molar refractivity (Wildman–Crippen MR) is 73.8 cm³/mol. The monoisotopic (exact) mass is 246 g/mol. The average molecular weight is 246 g/mol. The number of rotatable bonds is 2. The Bertz CT molecular complexity index is 746. The lowest BCUT2D eigenvalue weighted by Crippen LogP contribution is -1.84. The number of pyridine rings is 1. The van der Waals surface area contributed by atoms with Crippen LogP contribution in [0.1, 0.15) is 11.4 Å². The van der Waals surface area contributed by atoms with Gasteiger partial charge in [-0.15, -0.1) is 0 Å². The number of hydrogen-bond donors (Lipinski definition) is 1. The highest BCUT2D eigenvalue weighted by atomic mass is 15.0. The molecule has 3 rings (SSSR count). The summed E-state index contributed by atoms with van der Waals surface area (Å²) in [5.41, 5.74) is 2.90. The molecule has 1 aromatic carbocycles. The minimum Gasteiger partial charge on any atom is -0.336 e. The van der Waals surface area contributed by atoms with Crippen molar-refractivity contribution < 1.29 is 0 Å². The van der Waals surface area contributed by atoms with Crippen LogP contribution in [0.2, 0.25) is 0 Å². The second-order valence-corrected chi connectivity index (χ2v) is 4.04. The predicted octanol–water partition coefficient (Wildman–Crippen LogP) is 3.02. The van der Waals surface area contributed by atoms with Crippen LogP contribution < -0.4 is 0 Å². The van der Waals surface area contributed by atoms with Crippen LogP contribution in [-0.4, -0.2) is 15.0 Å². The molecule has 90 valence electrons. The second-order valence-electron chi connectivity index (χ2n) is 4.04. The quantitative estimate of drug-likeness (QED) is 0.707. The van der Waals surface area contributed by atoms with E-state index >= 15 is 0 Å². The van der Waals surface area contributed by atoms with E-state index < -0.39 is 0 Å². The van der Waals surface area contributed by atoms with Gasteiger partial charge in [0.2, 0.25) is 0 Å². The number of aromatic nitrogens is 3. The number of imidazole rings is 1. The van der Waals surface area contributed by atoms with Crippen molar-refractivity contribution in [3.63, 3.8) is 0 Å². The van der Waals surface area contributed by atoms with Crippen LogP contribution in [0.4, 0.5) is 0 Å². The molecule has 0 unspecified atom stereocenters. The Kier molecular flexibility index (Phi) is 2.79. The number of benzene rings is 1. The molecule has 0 fully saturated rings. The summed E-state index contributed by atoms with van der Waals surface area (Å²) in [4.78, 5) is 11.6. The number of nitrogens with one attached hydrogen (secondary N) is 1. The van der Waals surface area contributed by atoms with Crippen LogP contribution in [0, 0.1) is 11.3 Å². The van der Waals surface area contributed by atoms with Gasteiger partial charge in [0.25, 0.3) is 0 Å². The smallest absolute Gasteiger partial charge is 0.178 e. The summed E-state index contributed by atoms with van der Waals surface area (Å²) in [6.07, 6.45) is 3.48. The molecule has 4 nitrogen and oxygen atoms in total. The maximum Gasteiger partial charge on any atom is 0.178 e. The van der Waals surface area contributed by atoms with E-state index in [1.807, 2.05) is 42.5 Å². The summed E-state index contributed by atoms with van der Waals surface area (Å²) < 4.78 is 0. The van der Waals surface area contributed by atoms with Gasteiger partial charge in [-0.1, -0.05) is 30.3 Å². The Hall–Kier alpha value is -2.93. The highest BCUT2D eigenvalue weighted by molar-refractivity contribution is 5.89. The average Bonchev–Trinajstić information content (AvgIpc) is 2.89. The number of H-pyrrole nitrogens is 1. The molecule has 0 aliphatic carbocycles. The molecule has 3 aromatic rings. The number of fused-ring (bicyclic) bond motifs is 1. The zero-order valence-electron chi connectivity index (χ0n) is 10.0. The van der Waals surface area contributed by atoms with Crippen molar-refractivity contribution in [2.45, 2.75) is 0 Å². The molecule has 0 aliphatic rings. The van der Waals surface area contributed by atoms with Gasteiger partial charge in [0, 0.05) is 6.20 Å². The van der Waals surface area contributed by atoms with E-state index in [9.17, 15) is 5.26 Å². The molecule has 19 heavy (non-hydrogen) atoms. The molecule has 2 heterocycles. The second kappa shape index (κ2) is 4.75. The summed E-state index contributed by atoms with van der Waals surface area (Å²) in [5.74, 6) is 0.542. The number of nitriles is 1. The molecule has 0 amide bonds. The summed E-state index contributed by atoms with van der Waals surface area (Å²) in [6, 6.07) is 15.6. The highest BCUT2D eigenvalue weighted by Crippen LogP contribution is 2.17. The molecular formula is C15H10N4. The molecule has 0 aliphatic heterocycles. The summed E-state index contributed by atoms with van der Waals surface area (Å²) in [7, 11) is 0. The molecule has 2 aromatic heterocycles. The van der Waals surface area contributed by atoms with Gasteiger partial charge in [0.05, 0.1) is 11.1 Å². The number of aromatic amines is 1.